The molecule has 19 heavy (non-hydrogen) atoms. The molecule has 1 atom stereocenters. The third kappa shape index (κ3) is 3.09. The van der Waals surface area contributed by atoms with Gasteiger partial charge < -0.3 is 10.1 Å². The summed E-state index contributed by atoms with van der Waals surface area (Å²) in [6.45, 7) is 0. The summed E-state index contributed by atoms with van der Waals surface area (Å²) in [6, 6.07) is 10.4. The second-order valence-corrected chi connectivity index (χ2v) is 4.23. The molecule has 1 aromatic heterocycles. The fourth-order valence-electron chi connectivity index (χ4n) is 2.06. The normalized spacial score (nSPS) is 12.2. The Balaban J connectivity index is 2.28. The number of nitrogens with one attached hydrogen (secondary N) is 1. The van der Waals surface area contributed by atoms with Crippen molar-refractivity contribution in [2.75, 3.05) is 14.2 Å². The van der Waals surface area contributed by atoms with Gasteiger partial charge in [0.1, 0.15) is 11.6 Å². The van der Waals surface area contributed by atoms with E-state index in [0.29, 0.717) is 17.7 Å². The second kappa shape index (κ2) is 6.29. The third-order valence-electron chi connectivity index (χ3n) is 3.08. The molecule has 1 N–H and O–H groups in total. The number of nitrogens with zero attached hydrogens (tertiary/aromatic N) is 1. The van der Waals surface area contributed by atoms with Gasteiger partial charge in [-0.3, -0.25) is 4.98 Å². The smallest absolute Gasteiger partial charge is 0.141 e. The van der Waals surface area contributed by atoms with Crippen molar-refractivity contribution < 1.29 is 9.13 Å². The maximum absolute atomic E-state index is 13.7. The molecule has 0 fully saturated rings. The van der Waals surface area contributed by atoms with Crippen molar-refractivity contribution in [3.63, 3.8) is 0 Å². The molecule has 2 aromatic rings. The van der Waals surface area contributed by atoms with Gasteiger partial charge in [0, 0.05) is 6.20 Å². The van der Waals surface area contributed by atoms with E-state index >= 15 is 0 Å². The Kier molecular flexibility index (Phi) is 4.47. The topological polar surface area (TPSA) is 34.2 Å². The summed E-state index contributed by atoms with van der Waals surface area (Å²) in [5.41, 5.74) is 1.45. The molecule has 0 aliphatic carbocycles. The highest BCUT2D eigenvalue weighted by Gasteiger charge is 2.17. The highest BCUT2D eigenvalue weighted by Crippen LogP contribution is 2.25. The average molecular weight is 260 g/mol. The molecule has 0 saturated carbocycles. The van der Waals surface area contributed by atoms with Crippen LogP contribution in [0.4, 0.5) is 4.39 Å². The summed E-state index contributed by atoms with van der Waals surface area (Å²) in [5, 5.41) is 3.16. The number of ether oxygens (including phenoxy) is 1. The Bertz CT molecular complexity index is 545. The number of pyridine rings is 1. The zero-order valence-electron chi connectivity index (χ0n) is 11.1. The molecular formula is C15H17FN2O. The summed E-state index contributed by atoms with van der Waals surface area (Å²) >= 11 is 0. The van der Waals surface area contributed by atoms with Gasteiger partial charge in [0.25, 0.3) is 0 Å². The lowest BCUT2D eigenvalue weighted by Gasteiger charge is -2.18. The van der Waals surface area contributed by atoms with Gasteiger partial charge in [-0.05, 0) is 37.2 Å². The summed E-state index contributed by atoms with van der Waals surface area (Å²) < 4.78 is 19.0. The Morgan fingerprint density at radius 3 is 2.74 bits per heavy atom. The van der Waals surface area contributed by atoms with Crippen LogP contribution in [0, 0.1) is 5.82 Å². The minimum atomic E-state index is -0.197. The lowest BCUT2D eigenvalue weighted by atomic mass is 10.0. The minimum Gasteiger partial charge on any atom is -0.495 e. The van der Waals surface area contributed by atoms with E-state index in [1.54, 1.807) is 25.4 Å². The molecule has 0 amide bonds. The predicted octanol–water partition coefficient (Wildman–Crippen LogP) is 2.73. The van der Waals surface area contributed by atoms with Crippen LogP contribution in [0.1, 0.15) is 17.3 Å². The van der Waals surface area contributed by atoms with Gasteiger partial charge in [-0.2, -0.15) is 0 Å². The number of likely N-dealkylation sites (N-methyl/N-ethyl adjacent to an activating group) is 1. The highest BCUT2D eigenvalue weighted by atomic mass is 19.1. The highest BCUT2D eigenvalue weighted by molar-refractivity contribution is 5.31. The predicted molar refractivity (Wildman–Crippen MR) is 72.7 cm³/mol. The summed E-state index contributed by atoms with van der Waals surface area (Å²) in [6.07, 6.45) is 2.24. The second-order valence-electron chi connectivity index (χ2n) is 4.23. The lowest BCUT2D eigenvalue weighted by Crippen LogP contribution is -2.21. The molecule has 1 aromatic carbocycles. The quantitative estimate of drug-likeness (QED) is 0.897. The Labute approximate surface area is 112 Å². The van der Waals surface area contributed by atoms with Crippen LogP contribution in [-0.2, 0) is 6.42 Å². The lowest BCUT2D eigenvalue weighted by molar-refractivity contribution is 0.396. The number of halogens is 1. The first kappa shape index (κ1) is 13.5. The van der Waals surface area contributed by atoms with Crippen molar-refractivity contribution >= 4 is 0 Å². The molecule has 0 radical (unpaired) electrons. The molecule has 4 heteroatoms. The Morgan fingerprint density at radius 1 is 1.26 bits per heavy atom. The van der Waals surface area contributed by atoms with E-state index in [-0.39, 0.29) is 11.9 Å². The van der Waals surface area contributed by atoms with Gasteiger partial charge in [0.15, 0.2) is 0 Å². The van der Waals surface area contributed by atoms with Crippen LogP contribution in [-0.4, -0.2) is 19.1 Å². The molecule has 1 heterocycles. The molecule has 0 spiro atoms. The maximum atomic E-state index is 13.7. The number of hydrogen-bond acceptors (Lipinski definition) is 3. The number of hydrogen-bond donors (Lipinski definition) is 1. The minimum absolute atomic E-state index is 0.0898. The first-order valence-electron chi connectivity index (χ1n) is 6.16. The molecule has 1 unspecified atom stereocenters. The van der Waals surface area contributed by atoms with E-state index in [1.165, 1.54) is 6.07 Å². The van der Waals surface area contributed by atoms with Crippen LogP contribution in [0.15, 0.2) is 42.6 Å². The van der Waals surface area contributed by atoms with Gasteiger partial charge in [-0.1, -0.05) is 18.2 Å². The number of rotatable bonds is 5. The first-order valence-corrected chi connectivity index (χ1v) is 6.16. The van der Waals surface area contributed by atoms with Gasteiger partial charge >= 0.3 is 0 Å². The van der Waals surface area contributed by atoms with Crippen LogP contribution < -0.4 is 10.1 Å². The van der Waals surface area contributed by atoms with E-state index in [4.69, 9.17) is 4.74 Å². The number of methoxy groups -OCH3 is 1. The van der Waals surface area contributed by atoms with Crippen LogP contribution >= 0.6 is 0 Å². The molecule has 0 saturated heterocycles. The molecule has 0 aliphatic rings. The van der Waals surface area contributed by atoms with Crippen molar-refractivity contribution in [3.05, 3.63) is 59.7 Å². The van der Waals surface area contributed by atoms with Crippen LogP contribution in [0.5, 0.6) is 5.75 Å². The van der Waals surface area contributed by atoms with Crippen LogP contribution in [0.25, 0.3) is 0 Å². The van der Waals surface area contributed by atoms with E-state index in [2.05, 4.69) is 10.3 Å². The standard InChI is InChI=1S/C15H17FN2O/c1-17-13(10-11-6-3-4-7-12(11)16)15-14(19-2)8-5-9-18-15/h3-9,13,17H,10H2,1-2H3. The van der Waals surface area contributed by atoms with Gasteiger partial charge in [0.2, 0.25) is 0 Å². The van der Waals surface area contributed by atoms with Crippen molar-refractivity contribution in [2.24, 2.45) is 0 Å². The van der Waals surface area contributed by atoms with E-state index in [0.717, 1.165) is 5.69 Å². The van der Waals surface area contributed by atoms with E-state index in [9.17, 15) is 4.39 Å². The monoisotopic (exact) mass is 260 g/mol. The van der Waals surface area contributed by atoms with Crippen LogP contribution in [0.3, 0.4) is 0 Å². The van der Waals surface area contributed by atoms with Gasteiger partial charge in [-0.15, -0.1) is 0 Å². The molecule has 3 nitrogen and oxygen atoms in total. The van der Waals surface area contributed by atoms with E-state index in [1.807, 2.05) is 25.2 Å². The van der Waals surface area contributed by atoms with Crippen molar-refractivity contribution in [3.8, 4) is 5.75 Å². The SMILES string of the molecule is CNC(Cc1ccccc1F)c1ncccc1OC. The molecular weight excluding hydrogens is 243 g/mol. The fraction of sp³-hybridized carbons (Fsp3) is 0.267. The van der Waals surface area contributed by atoms with Gasteiger partial charge in [0.05, 0.1) is 18.8 Å². The number of aromatic nitrogens is 1. The molecule has 100 valence electrons. The molecule has 0 bridgehead atoms. The third-order valence-corrected chi connectivity index (χ3v) is 3.08. The van der Waals surface area contributed by atoms with E-state index < -0.39 is 0 Å². The van der Waals surface area contributed by atoms with Crippen molar-refractivity contribution in [1.82, 2.24) is 10.3 Å². The Morgan fingerprint density at radius 2 is 2.05 bits per heavy atom. The summed E-state index contributed by atoms with van der Waals surface area (Å²) in [5.74, 6) is 0.510. The first-order chi connectivity index (χ1) is 9.26. The van der Waals surface area contributed by atoms with Crippen LogP contribution in [0.2, 0.25) is 0 Å². The average Bonchev–Trinajstić information content (AvgIpc) is 2.46. The number of benzene rings is 1. The fourth-order valence-corrected chi connectivity index (χ4v) is 2.06. The largest absolute Gasteiger partial charge is 0.495 e. The summed E-state index contributed by atoms with van der Waals surface area (Å²) in [4.78, 5) is 4.34. The molecule has 0 aliphatic heterocycles. The zero-order chi connectivity index (χ0) is 13.7. The summed E-state index contributed by atoms with van der Waals surface area (Å²) in [7, 11) is 3.44. The molecule has 2 rings (SSSR count). The zero-order valence-corrected chi connectivity index (χ0v) is 11.1. The Hall–Kier alpha value is -1.94. The van der Waals surface area contributed by atoms with Crippen molar-refractivity contribution in [2.45, 2.75) is 12.5 Å². The maximum Gasteiger partial charge on any atom is 0.141 e. The van der Waals surface area contributed by atoms with Gasteiger partial charge in [-0.25, -0.2) is 4.39 Å². The van der Waals surface area contributed by atoms with Crippen molar-refractivity contribution in [1.29, 1.82) is 0 Å².